The van der Waals surface area contributed by atoms with Crippen LogP contribution in [0, 0.1) is 23.3 Å². The third-order valence-electron chi connectivity index (χ3n) is 2.62. The van der Waals surface area contributed by atoms with E-state index >= 15 is 0 Å². The number of benzene rings is 2. The molecule has 2 rings (SSSR count). The van der Waals surface area contributed by atoms with E-state index in [1.807, 2.05) is 0 Å². The predicted octanol–water partition coefficient (Wildman–Crippen LogP) is 6.12. The second kappa shape index (κ2) is 7.21. The smallest absolute Gasteiger partial charge is 0.186 e. The maximum Gasteiger partial charge on any atom is 0.186 e. The maximum atomic E-state index is 13.7. The van der Waals surface area contributed by atoms with Gasteiger partial charge in [0.05, 0.1) is 15.2 Å². The van der Waals surface area contributed by atoms with Gasteiger partial charge in [0.2, 0.25) is 0 Å². The van der Waals surface area contributed by atoms with E-state index in [1.54, 1.807) is 0 Å². The summed E-state index contributed by atoms with van der Waals surface area (Å²) in [5, 5.41) is 4.79. The van der Waals surface area contributed by atoms with Crippen molar-refractivity contribution in [1.29, 1.82) is 0 Å². The van der Waals surface area contributed by atoms with E-state index in [9.17, 15) is 17.6 Å². The van der Waals surface area contributed by atoms with Crippen LogP contribution in [0.1, 0.15) is 0 Å². The Morgan fingerprint density at radius 1 is 0.957 bits per heavy atom. The molecule has 10 heteroatoms. The minimum absolute atomic E-state index is 0.229. The highest BCUT2D eigenvalue weighted by atomic mass is 79.9. The van der Waals surface area contributed by atoms with Gasteiger partial charge in [0, 0.05) is 5.02 Å². The number of thiocarbonyl (C=S) groups is 1. The second-order valence-electron chi connectivity index (χ2n) is 4.15. The SMILES string of the molecule is Fc1c(F)c(NC(=S)Nc2cc(Cl)ccc2Cl)c(F)c(F)c1Br. The van der Waals surface area contributed by atoms with Gasteiger partial charge in [-0.05, 0) is 46.3 Å². The Kier molecular flexibility index (Phi) is 5.72. The van der Waals surface area contributed by atoms with Gasteiger partial charge in [-0.15, -0.1) is 0 Å². The molecule has 0 aliphatic rings. The summed E-state index contributed by atoms with van der Waals surface area (Å²) < 4.78 is 53.4. The van der Waals surface area contributed by atoms with Crippen LogP contribution < -0.4 is 10.6 Å². The van der Waals surface area contributed by atoms with Crippen molar-refractivity contribution in [2.24, 2.45) is 0 Å². The molecule has 0 atom stereocenters. The van der Waals surface area contributed by atoms with Crippen molar-refractivity contribution in [1.82, 2.24) is 0 Å². The number of rotatable bonds is 2. The molecule has 0 bridgehead atoms. The number of nitrogens with one attached hydrogen (secondary N) is 2. The van der Waals surface area contributed by atoms with Crippen LogP contribution >= 0.6 is 51.3 Å². The summed E-state index contributed by atoms with van der Waals surface area (Å²) in [4.78, 5) is 0. The predicted molar refractivity (Wildman–Crippen MR) is 90.3 cm³/mol. The van der Waals surface area contributed by atoms with Crippen molar-refractivity contribution in [3.05, 3.63) is 56.0 Å². The molecule has 0 unspecified atom stereocenters. The number of hydrogen-bond acceptors (Lipinski definition) is 1. The lowest BCUT2D eigenvalue weighted by Crippen LogP contribution is -2.22. The normalized spacial score (nSPS) is 10.6. The van der Waals surface area contributed by atoms with Crippen LogP contribution in [0.4, 0.5) is 28.9 Å². The fourth-order valence-corrected chi connectivity index (χ4v) is 2.47. The molecule has 122 valence electrons. The van der Waals surface area contributed by atoms with Crippen LogP contribution in [0.5, 0.6) is 0 Å². The molecule has 0 aliphatic carbocycles. The molecular weight excluding hydrogens is 443 g/mol. The van der Waals surface area contributed by atoms with Crippen LogP contribution in [0.2, 0.25) is 10.0 Å². The van der Waals surface area contributed by atoms with Crippen LogP contribution in [-0.4, -0.2) is 5.11 Å². The molecular formula is C13H5BrCl2F4N2S. The molecule has 2 N–H and O–H groups in total. The summed E-state index contributed by atoms with van der Waals surface area (Å²) in [7, 11) is 0. The molecule has 0 radical (unpaired) electrons. The Hall–Kier alpha value is -1.09. The molecule has 0 fully saturated rings. The lowest BCUT2D eigenvalue weighted by molar-refractivity contribution is 0.452. The topological polar surface area (TPSA) is 24.1 Å². The maximum absolute atomic E-state index is 13.7. The van der Waals surface area contributed by atoms with Crippen LogP contribution in [-0.2, 0) is 0 Å². The van der Waals surface area contributed by atoms with Crippen LogP contribution in [0.15, 0.2) is 22.7 Å². The average molecular weight is 448 g/mol. The second-order valence-corrected chi connectivity index (χ2v) is 6.19. The Morgan fingerprint density at radius 3 is 2.09 bits per heavy atom. The minimum Gasteiger partial charge on any atom is -0.331 e. The molecule has 2 aromatic rings. The van der Waals surface area contributed by atoms with Crippen molar-refractivity contribution in [3.63, 3.8) is 0 Å². The minimum atomic E-state index is -1.63. The zero-order valence-corrected chi connectivity index (χ0v) is 14.7. The molecule has 2 nitrogen and oxygen atoms in total. The van der Waals surface area contributed by atoms with Gasteiger partial charge in [0.1, 0.15) is 5.69 Å². The zero-order valence-electron chi connectivity index (χ0n) is 10.8. The first kappa shape index (κ1) is 18.3. The fraction of sp³-hybridized carbons (Fsp3) is 0. The van der Waals surface area contributed by atoms with Crippen molar-refractivity contribution in [2.45, 2.75) is 0 Å². The van der Waals surface area contributed by atoms with Gasteiger partial charge < -0.3 is 10.6 Å². The highest BCUT2D eigenvalue weighted by molar-refractivity contribution is 9.10. The number of anilines is 2. The number of hydrogen-bond donors (Lipinski definition) is 2. The van der Waals surface area contributed by atoms with Gasteiger partial charge in [-0.2, -0.15) is 0 Å². The first-order valence-corrected chi connectivity index (χ1v) is 7.72. The van der Waals surface area contributed by atoms with Crippen LogP contribution in [0.3, 0.4) is 0 Å². The molecule has 2 aromatic carbocycles. The van der Waals surface area contributed by atoms with Gasteiger partial charge in [-0.25, -0.2) is 17.6 Å². The fourth-order valence-electron chi connectivity index (χ4n) is 1.58. The summed E-state index contributed by atoms with van der Waals surface area (Å²) >= 11 is 18.9. The van der Waals surface area contributed by atoms with Gasteiger partial charge in [-0.1, -0.05) is 23.2 Å². The van der Waals surface area contributed by atoms with E-state index in [1.165, 1.54) is 18.2 Å². The zero-order chi connectivity index (χ0) is 17.3. The molecule has 23 heavy (non-hydrogen) atoms. The van der Waals surface area contributed by atoms with Crippen molar-refractivity contribution < 1.29 is 17.6 Å². The lowest BCUT2D eigenvalue weighted by Gasteiger charge is -2.14. The van der Waals surface area contributed by atoms with Gasteiger partial charge >= 0.3 is 0 Å². The first-order valence-electron chi connectivity index (χ1n) is 5.77. The summed E-state index contributed by atoms with van der Waals surface area (Å²) in [6.45, 7) is 0. The summed E-state index contributed by atoms with van der Waals surface area (Å²) in [5.74, 6) is -6.43. The summed E-state index contributed by atoms with van der Waals surface area (Å²) in [6.07, 6.45) is 0. The Morgan fingerprint density at radius 2 is 1.52 bits per heavy atom. The number of halogens is 7. The first-order chi connectivity index (χ1) is 10.7. The Bertz CT molecular complexity index is 775. The van der Waals surface area contributed by atoms with Gasteiger partial charge in [-0.3, -0.25) is 0 Å². The molecule has 0 aliphatic heterocycles. The molecule has 0 heterocycles. The van der Waals surface area contributed by atoms with E-state index < -0.39 is 33.4 Å². The largest absolute Gasteiger partial charge is 0.331 e. The van der Waals surface area contributed by atoms with E-state index in [4.69, 9.17) is 35.4 Å². The monoisotopic (exact) mass is 446 g/mol. The molecule has 0 aromatic heterocycles. The quantitative estimate of drug-likeness (QED) is 0.251. The van der Waals surface area contributed by atoms with Crippen molar-refractivity contribution in [2.75, 3.05) is 10.6 Å². The Balaban J connectivity index is 2.29. The van der Waals surface area contributed by atoms with E-state index in [2.05, 4.69) is 26.6 Å². The summed E-state index contributed by atoms with van der Waals surface area (Å²) in [6, 6.07) is 4.40. The average Bonchev–Trinajstić information content (AvgIpc) is 2.51. The molecule has 0 spiro atoms. The van der Waals surface area contributed by atoms with Crippen LogP contribution in [0.25, 0.3) is 0 Å². The summed E-state index contributed by atoms with van der Waals surface area (Å²) in [5.41, 5.74) is -0.825. The van der Waals surface area contributed by atoms with Crippen molar-refractivity contribution in [3.8, 4) is 0 Å². The van der Waals surface area contributed by atoms with Gasteiger partial charge in [0.25, 0.3) is 0 Å². The lowest BCUT2D eigenvalue weighted by atomic mass is 10.2. The highest BCUT2D eigenvalue weighted by Gasteiger charge is 2.24. The molecule has 0 amide bonds. The van der Waals surface area contributed by atoms with E-state index in [-0.39, 0.29) is 15.8 Å². The third kappa shape index (κ3) is 3.88. The highest BCUT2D eigenvalue weighted by Crippen LogP contribution is 2.32. The van der Waals surface area contributed by atoms with Crippen molar-refractivity contribution >= 4 is 67.8 Å². The van der Waals surface area contributed by atoms with Gasteiger partial charge in [0.15, 0.2) is 28.4 Å². The van der Waals surface area contributed by atoms with E-state index in [0.29, 0.717) is 5.02 Å². The third-order valence-corrected chi connectivity index (χ3v) is 4.09. The molecule has 0 saturated carbocycles. The molecule has 0 saturated heterocycles. The van der Waals surface area contributed by atoms with E-state index in [0.717, 1.165) is 0 Å². The Labute approximate surface area is 151 Å². The standard InChI is InChI=1S/C13H5BrCl2F4N2S/c14-7-8(17)10(19)12(11(20)9(7)18)22-13(23)21-6-3-4(15)1-2-5(6)16/h1-3H,(H2,21,22,23).